The number of anilines is 1. The zero-order chi connectivity index (χ0) is 12.5. The summed E-state index contributed by atoms with van der Waals surface area (Å²) in [5.41, 5.74) is 8.00. The van der Waals surface area contributed by atoms with Gasteiger partial charge in [-0.25, -0.2) is 4.98 Å². The summed E-state index contributed by atoms with van der Waals surface area (Å²) in [5, 5.41) is 0. The van der Waals surface area contributed by atoms with Crippen molar-refractivity contribution in [3.8, 4) is 0 Å². The fraction of sp³-hybridized carbons (Fsp3) is 0.538. The van der Waals surface area contributed by atoms with Crippen molar-refractivity contribution < 1.29 is 0 Å². The molecule has 0 saturated carbocycles. The molecule has 0 spiro atoms. The van der Waals surface area contributed by atoms with Crippen LogP contribution in [0.15, 0.2) is 18.5 Å². The molecule has 3 rings (SSSR count). The Kier molecular flexibility index (Phi) is 2.91. The zero-order valence-corrected chi connectivity index (χ0v) is 10.7. The van der Waals surface area contributed by atoms with Gasteiger partial charge in [-0.3, -0.25) is 4.98 Å². The van der Waals surface area contributed by atoms with E-state index in [1.807, 2.05) is 6.07 Å². The number of hydrogen-bond acceptors (Lipinski definition) is 4. The molecule has 2 aromatic heterocycles. The number of likely N-dealkylation sites (tertiary alicyclic amines) is 1. The smallest absolute Gasteiger partial charge is 0.201 e. The second-order valence-electron chi connectivity index (χ2n) is 5.19. The number of fused-ring (bicyclic) bond motifs is 1. The largest absolute Gasteiger partial charge is 0.369 e. The van der Waals surface area contributed by atoms with Crippen molar-refractivity contribution in [2.75, 3.05) is 25.9 Å². The number of aromatic nitrogens is 3. The molecule has 1 aliphatic rings. The number of nitrogens with zero attached hydrogens (tertiary/aromatic N) is 4. The van der Waals surface area contributed by atoms with Gasteiger partial charge in [0.05, 0.1) is 11.7 Å². The summed E-state index contributed by atoms with van der Waals surface area (Å²) in [6.07, 6.45) is 6.05. The highest BCUT2D eigenvalue weighted by molar-refractivity contribution is 5.76. The molecule has 5 heteroatoms. The SMILES string of the molecule is CN1CCC(Cn2c(N)nc3cnccc32)CC1. The quantitative estimate of drug-likeness (QED) is 0.867. The fourth-order valence-electron chi connectivity index (χ4n) is 2.70. The average Bonchev–Trinajstić information content (AvgIpc) is 2.69. The molecular formula is C13H19N5. The minimum Gasteiger partial charge on any atom is -0.369 e. The van der Waals surface area contributed by atoms with Crippen LogP contribution in [0.4, 0.5) is 5.95 Å². The number of nitrogens with two attached hydrogens (primary N) is 1. The van der Waals surface area contributed by atoms with Crippen molar-refractivity contribution >= 4 is 17.0 Å². The number of nitrogen functional groups attached to an aromatic ring is 1. The second-order valence-corrected chi connectivity index (χ2v) is 5.19. The summed E-state index contributed by atoms with van der Waals surface area (Å²) in [5.74, 6) is 1.31. The molecule has 0 unspecified atom stereocenters. The Hall–Kier alpha value is -1.62. The van der Waals surface area contributed by atoms with Crippen molar-refractivity contribution in [1.82, 2.24) is 19.4 Å². The fourth-order valence-corrected chi connectivity index (χ4v) is 2.70. The number of hydrogen-bond donors (Lipinski definition) is 1. The lowest BCUT2D eigenvalue weighted by Crippen LogP contribution is -2.32. The number of pyridine rings is 1. The highest BCUT2D eigenvalue weighted by Gasteiger charge is 2.19. The summed E-state index contributed by atoms with van der Waals surface area (Å²) in [6.45, 7) is 3.33. The van der Waals surface area contributed by atoms with E-state index in [-0.39, 0.29) is 0 Å². The summed E-state index contributed by atoms with van der Waals surface area (Å²) < 4.78 is 2.13. The first kappa shape index (κ1) is 11.5. The number of piperidine rings is 1. The summed E-state index contributed by atoms with van der Waals surface area (Å²) in [7, 11) is 2.18. The first-order chi connectivity index (χ1) is 8.74. The van der Waals surface area contributed by atoms with E-state index in [0.29, 0.717) is 11.9 Å². The van der Waals surface area contributed by atoms with Crippen LogP contribution in [0.2, 0.25) is 0 Å². The Labute approximate surface area is 107 Å². The Balaban J connectivity index is 1.84. The Bertz CT molecular complexity index is 539. The molecule has 1 fully saturated rings. The van der Waals surface area contributed by atoms with Gasteiger partial charge in [-0.15, -0.1) is 0 Å². The van der Waals surface area contributed by atoms with Gasteiger partial charge in [-0.2, -0.15) is 0 Å². The van der Waals surface area contributed by atoms with E-state index in [1.165, 1.54) is 25.9 Å². The maximum atomic E-state index is 6.01. The maximum absolute atomic E-state index is 6.01. The van der Waals surface area contributed by atoms with E-state index in [9.17, 15) is 0 Å². The van der Waals surface area contributed by atoms with Crippen molar-refractivity contribution in [2.45, 2.75) is 19.4 Å². The third-order valence-electron chi connectivity index (χ3n) is 3.86. The second kappa shape index (κ2) is 4.57. The Morgan fingerprint density at radius 1 is 1.39 bits per heavy atom. The Morgan fingerprint density at radius 3 is 2.94 bits per heavy atom. The van der Waals surface area contributed by atoms with Crippen LogP contribution in [0.3, 0.4) is 0 Å². The normalized spacial score (nSPS) is 18.5. The Morgan fingerprint density at radius 2 is 2.17 bits per heavy atom. The van der Waals surface area contributed by atoms with Gasteiger partial charge in [-0.1, -0.05) is 0 Å². The molecule has 1 aliphatic heterocycles. The van der Waals surface area contributed by atoms with Crippen molar-refractivity contribution in [1.29, 1.82) is 0 Å². The van der Waals surface area contributed by atoms with Crippen LogP contribution in [0.25, 0.3) is 11.0 Å². The molecular weight excluding hydrogens is 226 g/mol. The molecule has 0 bridgehead atoms. The molecule has 0 aliphatic carbocycles. The lowest BCUT2D eigenvalue weighted by atomic mass is 9.97. The minimum absolute atomic E-state index is 0.608. The highest BCUT2D eigenvalue weighted by atomic mass is 15.2. The van der Waals surface area contributed by atoms with E-state index < -0.39 is 0 Å². The van der Waals surface area contributed by atoms with Crippen molar-refractivity contribution in [3.63, 3.8) is 0 Å². The molecule has 0 atom stereocenters. The monoisotopic (exact) mass is 245 g/mol. The molecule has 0 amide bonds. The first-order valence-corrected chi connectivity index (χ1v) is 6.48. The van der Waals surface area contributed by atoms with E-state index >= 15 is 0 Å². The van der Waals surface area contributed by atoms with Gasteiger partial charge < -0.3 is 15.2 Å². The third-order valence-corrected chi connectivity index (χ3v) is 3.86. The minimum atomic E-state index is 0.608. The van der Waals surface area contributed by atoms with Gasteiger partial charge >= 0.3 is 0 Å². The molecule has 1 saturated heterocycles. The standard InChI is InChI=1S/C13H19N5/c1-17-6-3-10(4-7-17)9-18-12-2-5-15-8-11(12)16-13(18)14/h2,5,8,10H,3-4,6-7,9H2,1H3,(H2,14,16). The number of imidazole rings is 1. The molecule has 0 aromatic carbocycles. The molecule has 3 heterocycles. The van der Waals surface area contributed by atoms with Gasteiger partial charge in [0.25, 0.3) is 0 Å². The average molecular weight is 245 g/mol. The van der Waals surface area contributed by atoms with Gasteiger partial charge in [0.1, 0.15) is 5.52 Å². The van der Waals surface area contributed by atoms with Gasteiger partial charge in [0.2, 0.25) is 5.95 Å². The van der Waals surface area contributed by atoms with Crippen LogP contribution in [0, 0.1) is 5.92 Å². The van der Waals surface area contributed by atoms with Crippen LogP contribution >= 0.6 is 0 Å². The molecule has 2 N–H and O–H groups in total. The van der Waals surface area contributed by atoms with E-state index in [4.69, 9.17) is 5.73 Å². The molecule has 18 heavy (non-hydrogen) atoms. The molecule has 96 valence electrons. The zero-order valence-electron chi connectivity index (χ0n) is 10.7. The summed E-state index contributed by atoms with van der Waals surface area (Å²) >= 11 is 0. The van der Waals surface area contributed by atoms with Gasteiger partial charge in [0.15, 0.2) is 0 Å². The predicted molar refractivity (Wildman–Crippen MR) is 72.2 cm³/mol. The third kappa shape index (κ3) is 2.06. The lowest BCUT2D eigenvalue weighted by molar-refractivity contribution is 0.206. The van der Waals surface area contributed by atoms with Gasteiger partial charge in [0, 0.05) is 12.7 Å². The molecule has 0 radical (unpaired) electrons. The van der Waals surface area contributed by atoms with Crippen molar-refractivity contribution in [3.05, 3.63) is 18.5 Å². The predicted octanol–water partition coefficient (Wildman–Crippen LogP) is 1.36. The van der Waals surface area contributed by atoms with E-state index in [0.717, 1.165) is 17.6 Å². The van der Waals surface area contributed by atoms with Gasteiger partial charge in [-0.05, 0) is 45.0 Å². The maximum Gasteiger partial charge on any atom is 0.201 e. The molecule has 2 aromatic rings. The van der Waals surface area contributed by atoms with E-state index in [2.05, 4.69) is 26.5 Å². The lowest BCUT2D eigenvalue weighted by Gasteiger charge is -2.29. The van der Waals surface area contributed by atoms with Crippen LogP contribution in [-0.2, 0) is 6.54 Å². The van der Waals surface area contributed by atoms with Crippen LogP contribution in [0.5, 0.6) is 0 Å². The summed E-state index contributed by atoms with van der Waals surface area (Å²) in [6, 6.07) is 1.99. The number of rotatable bonds is 2. The van der Waals surface area contributed by atoms with E-state index in [1.54, 1.807) is 12.4 Å². The topological polar surface area (TPSA) is 60.0 Å². The van der Waals surface area contributed by atoms with Crippen LogP contribution < -0.4 is 5.73 Å². The van der Waals surface area contributed by atoms with Crippen LogP contribution in [0.1, 0.15) is 12.8 Å². The van der Waals surface area contributed by atoms with Crippen LogP contribution in [-0.4, -0.2) is 39.6 Å². The molecule has 5 nitrogen and oxygen atoms in total. The first-order valence-electron chi connectivity index (χ1n) is 6.48. The highest BCUT2D eigenvalue weighted by Crippen LogP contribution is 2.23. The van der Waals surface area contributed by atoms with Crippen molar-refractivity contribution in [2.24, 2.45) is 5.92 Å². The summed E-state index contributed by atoms with van der Waals surface area (Å²) in [4.78, 5) is 10.8.